The molecule has 0 spiro atoms. The smallest absolute Gasteiger partial charge is 0.228 e. The van der Waals surface area contributed by atoms with Gasteiger partial charge in [-0.15, -0.1) is 11.3 Å². The topological polar surface area (TPSA) is 78.9 Å². The van der Waals surface area contributed by atoms with Gasteiger partial charge in [0.25, 0.3) is 0 Å². The number of anilines is 1. The fraction of sp³-hybridized carbons (Fsp3) is 0.538. The number of rotatable bonds is 2. The minimum atomic E-state index is -0.00532. The predicted molar refractivity (Wildman–Crippen MR) is 72.5 cm³/mol. The number of hydrogen-bond donors (Lipinski definition) is 2. The van der Waals surface area contributed by atoms with E-state index in [1.54, 1.807) is 0 Å². The van der Waals surface area contributed by atoms with Crippen LogP contribution in [0.1, 0.15) is 35.3 Å². The molecule has 1 aliphatic carbocycles. The van der Waals surface area contributed by atoms with Gasteiger partial charge in [-0.2, -0.15) is 5.26 Å². The predicted octanol–water partition coefficient (Wildman–Crippen LogP) is 2.30. The Kier molecular flexibility index (Phi) is 3.69. The molecule has 1 amide bonds. The van der Waals surface area contributed by atoms with Gasteiger partial charge in [0.15, 0.2) is 0 Å². The molecule has 1 saturated carbocycles. The van der Waals surface area contributed by atoms with Crippen molar-refractivity contribution in [1.29, 1.82) is 5.26 Å². The van der Waals surface area contributed by atoms with E-state index in [1.807, 2.05) is 13.8 Å². The summed E-state index contributed by atoms with van der Waals surface area (Å²) in [4.78, 5) is 13.2. The standard InChI is InChI=1S/C13H17N3OS/c1-7-8(2)18-13(11(7)6-14)16-12(17)9-3-4-10(15)5-9/h9-10H,3-5,15H2,1-2H3,(H,16,17). The molecule has 2 unspecified atom stereocenters. The zero-order chi connectivity index (χ0) is 13.3. The second kappa shape index (κ2) is 5.09. The number of thiophene rings is 1. The van der Waals surface area contributed by atoms with Crippen LogP contribution in [0.4, 0.5) is 5.00 Å². The molecule has 1 heterocycles. The molecule has 1 aliphatic rings. The van der Waals surface area contributed by atoms with Crippen LogP contribution in [-0.4, -0.2) is 11.9 Å². The van der Waals surface area contributed by atoms with Gasteiger partial charge in [-0.1, -0.05) is 0 Å². The molecule has 0 aromatic carbocycles. The molecule has 1 aromatic heterocycles. The molecular weight excluding hydrogens is 246 g/mol. The first-order valence-corrected chi connectivity index (χ1v) is 6.91. The summed E-state index contributed by atoms with van der Waals surface area (Å²) in [7, 11) is 0. The van der Waals surface area contributed by atoms with Crippen LogP contribution in [0.3, 0.4) is 0 Å². The number of nitriles is 1. The lowest BCUT2D eigenvalue weighted by molar-refractivity contribution is -0.119. The zero-order valence-electron chi connectivity index (χ0n) is 10.6. The highest BCUT2D eigenvalue weighted by Gasteiger charge is 2.28. The molecule has 0 aliphatic heterocycles. The Balaban J connectivity index is 2.13. The Labute approximate surface area is 111 Å². The molecule has 18 heavy (non-hydrogen) atoms. The number of nitrogens with one attached hydrogen (secondary N) is 1. The van der Waals surface area contributed by atoms with Crippen LogP contribution >= 0.6 is 11.3 Å². The van der Waals surface area contributed by atoms with Crippen LogP contribution in [0.5, 0.6) is 0 Å². The van der Waals surface area contributed by atoms with Gasteiger partial charge < -0.3 is 11.1 Å². The number of aryl methyl sites for hydroxylation is 1. The molecule has 2 rings (SSSR count). The lowest BCUT2D eigenvalue weighted by atomic mass is 10.1. The van der Waals surface area contributed by atoms with Crippen molar-refractivity contribution < 1.29 is 4.79 Å². The first kappa shape index (κ1) is 13.1. The van der Waals surface area contributed by atoms with Crippen LogP contribution in [0, 0.1) is 31.1 Å². The molecular formula is C13H17N3OS. The van der Waals surface area contributed by atoms with E-state index in [-0.39, 0.29) is 17.9 Å². The molecule has 1 fully saturated rings. The first-order chi connectivity index (χ1) is 8.52. The van der Waals surface area contributed by atoms with E-state index >= 15 is 0 Å². The summed E-state index contributed by atoms with van der Waals surface area (Å²) >= 11 is 1.47. The van der Waals surface area contributed by atoms with E-state index in [0.717, 1.165) is 29.7 Å². The molecule has 0 radical (unpaired) electrons. The third-order valence-electron chi connectivity index (χ3n) is 3.58. The third kappa shape index (κ3) is 2.40. The Hall–Kier alpha value is -1.38. The van der Waals surface area contributed by atoms with Crippen LogP contribution in [-0.2, 0) is 4.79 Å². The van der Waals surface area contributed by atoms with Crippen molar-refractivity contribution in [2.75, 3.05) is 5.32 Å². The minimum Gasteiger partial charge on any atom is -0.328 e. The minimum absolute atomic E-state index is 0.000648. The van der Waals surface area contributed by atoms with Gasteiger partial charge in [-0.25, -0.2) is 0 Å². The number of amides is 1. The second-order valence-corrected chi connectivity index (χ2v) is 6.08. The lowest BCUT2D eigenvalue weighted by Gasteiger charge is -2.09. The number of nitrogens with zero attached hydrogens (tertiary/aromatic N) is 1. The zero-order valence-corrected chi connectivity index (χ0v) is 11.4. The van der Waals surface area contributed by atoms with E-state index in [2.05, 4.69) is 11.4 Å². The van der Waals surface area contributed by atoms with Crippen LogP contribution < -0.4 is 11.1 Å². The van der Waals surface area contributed by atoms with Crippen molar-refractivity contribution in [3.05, 3.63) is 16.0 Å². The maximum Gasteiger partial charge on any atom is 0.228 e. The van der Waals surface area contributed by atoms with Gasteiger partial charge in [0.05, 0.1) is 5.56 Å². The van der Waals surface area contributed by atoms with Crippen LogP contribution in [0.15, 0.2) is 0 Å². The summed E-state index contributed by atoms with van der Waals surface area (Å²) in [5, 5.41) is 12.7. The van der Waals surface area contributed by atoms with Gasteiger partial charge in [0.2, 0.25) is 5.91 Å². The summed E-state index contributed by atoms with van der Waals surface area (Å²) in [6.45, 7) is 3.87. The highest BCUT2D eigenvalue weighted by molar-refractivity contribution is 7.16. The quantitative estimate of drug-likeness (QED) is 0.859. The average Bonchev–Trinajstić information content (AvgIpc) is 2.85. The van der Waals surface area contributed by atoms with Crippen molar-refractivity contribution >= 4 is 22.2 Å². The molecule has 4 nitrogen and oxygen atoms in total. The Morgan fingerprint density at radius 2 is 2.22 bits per heavy atom. The molecule has 96 valence electrons. The van der Waals surface area contributed by atoms with E-state index in [4.69, 9.17) is 11.0 Å². The molecule has 0 saturated heterocycles. The fourth-order valence-corrected chi connectivity index (χ4v) is 3.33. The fourth-order valence-electron chi connectivity index (χ4n) is 2.32. The van der Waals surface area contributed by atoms with Crippen LogP contribution in [0.25, 0.3) is 0 Å². The van der Waals surface area contributed by atoms with Crippen LogP contribution in [0.2, 0.25) is 0 Å². The monoisotopic (exact) mass is 263 g/mol. The van der Waals surface area contributed by atoms with E-state index < -0.39 is 0 Å². The van der Waals surface area contributed by atoms with E-state index in [1.165, 1.54) is 11.3 Å². The molecule has 2 atom stereocenters. The van der Waals surface area contributed by atoms with Crippen molar-refractivity contribution in [3.63, 3.8) is 0 Å². The van der Waals surface area contributed by atoms with Gasteiger partial charge in [0.1, 0.15) is 11.1 Å². The van der Waals surface area contributed by atoms with E-state index in [0.29, 0.717) is 10.6 Å². The maximum atomic E-state index is 12.1. The van der Waals surface area contributed by atoms with Crippen molar-refractivity contribution in [2.24, 2.45) is 11.7 Å². The second-order valence-electron chi connectivity index (χ2n) is 4.86. The first-order valence-electron chi connectivity index (χ1n) is 6.09. The molecule has 0 bridgehead atoms. The number of hydrogen-bond acceptors (Lipinski definition) is 4. The molecule has 3 N–H and O–H groups in total. The third-order valence-corrected chi connectivity index (χ3v) is 4.70. The SMILES string of the molecule is Cc1sc(NC(=O)C2CCC(N)C2)c(C#N)c1C. The molecule has 5 heteroatoms. The molecule has 1 aromatic rings. The summed E-state index contributed by atoms with van der Waals surface area (Å²) < 4.78 is 0. The Morgan fingerprint density at radius 3 is 2.78 bits per heavy atom. The van der Waals surface area contributed by atoms with Gasteiger partial charge in [-0.05, 0) is 38.7 Å². The average molecular weight is 263 g/mol. The van der Waals surface area contributed by atoms with Crippen molar-refractivity contribution in [1.82, 2.24) is 0 Å². The Morgan fingerprint density at radius 1 is 1.50 bits per heavy atom. The maximum absolute atomic E-state index is 12.1. The normalized spacial score (nSPS) is 22.8. The lowest BCUT2D eigenvalue weighted by Crippen LogP contribution is -2.23. The largest absolute Gasteiger partial charge is 0.328 e. The highest BCUT2D eigenvalue weighted by atomic mass is 32.1. The van der Waals surface area contributed by atoms with Gasteiger partial charge in [-0.3, -0.25) is 4.79 Å². The van der Waals surface area contributed by atoms with Gasteiger partial charge in [0, 0.05) is 16.8 Å². The highest BCUT2D eigenvalue weighted by Crippen LogP contribution is 2.33. The summed E-state index contributed by atoms with van der Waals surface area (Å²) in [6.07, 6.45) is 2.50. The van der Waals surface area contributed by atoms with Crippen molar-refractivity contribution in [2.45, 2.75) is 39.2 Å². The summed E-state index contributed by atoms with van der Waals surface area (Å²) in [5.74, 6) is -0.00467. The number of carbonyl (C=O) groups excluding carboxylic acids is 1. The number of nitrogens with two attached hydrogens (primary N) is 1. The van der Waals surface area contributed by atoms with Gasteiger partial charge >= 0.3 is 0 Å². The summed E-state index contributed by atoms with van der Waals surface area (Å²) in [6, 6.07) is 2.30. The summed E-state index contributed by atoms with van der Waals surface area (Å²) in [5.41, 5.74) is 7.36. The van der Waals surface area contributed by atoms with Crippen molar-refractivity contribution in [3.8, 4) is 6.07 Å². The Bertz CT molecular complexity index is 515. The number of carbonyl (C=O) groups is 1. The van der Waals surface area contributed by atoms with E-state index in [9.17, 15) is 4.79 Å².